The van der Waals surface area contributed by atoms with E-state index in [1.54, 1.807) is 6.20 Å². The van der Waals surface area contributed by atoms with E-state index in [4.69, 9.17) is 0 Å². The van der Waals surface area contributed by atoms with E-state index in [0.717, 1.165) is 43.3 Å². The van der Waals surface area contributed by atoms with Gasteiger partial charge in [-0.3, -0.25) is 0 Å². The van der Waals surface area contributed by atoms with E-state index in [-0.39, 0.29) is 0 Å². The minimum absolute atomic E-state index is 0.516. The fraction of sp³-hybridized carbons (Fsp3) is 0.438. The van der Waals surface area contributed by atoms with Crippen molar-refractivity contribution in [2.45, 2.75) is 25.8 Å². The maximum Gasteiger partial charge on any atom is 0.151 e. The molecule has 0 aromatic carbocycles. The van der Waals surface area contributed by atoms with E-state index in [2.05, 4.69) is 44.2 Å². The monoisotopic (exact) mass is 283 g/mol. The van der Waals surface area contributed by atoms with Crippen molar-refractivity contribution < 1.29 is 0 Å². The molecule has 0 radical (unpaired) electrons. The molecule has 0 spiro atoms. The van der Waals surface area contributed by atoms with Gasteiger partial charge in [0, 0.05) is 38.1 Å². The van der Waals surface area contributed by atoms with Gasteiger partial charge in [0.25, 0.3) is 0 Å². The second kappa shape index (κ2) is 6.08. The van der Waals surface area contributed by atoms with Crippen LogP contribution < -0.4 is 9.80 Å². The van der Waals surface area contributed by atoms with Crippen LogP contribution in [-0.2, 0) is 0 Å². The molecule has 5 heteroatoms. The van der Waals surface area contributed by atoms with Gasteiger partial charge in [0.05, 0.1) is 0 Å². The molecule has 0 unspecified atom stereocenters. The summed E-state index contributed by atoms with van der Waals surface area (Å²) in [5.74, 6) is 2.04. The smallest absolute Gasteiger partial charge is 0.151 e. The fourth-order valence-electron chi connectivity index (χ4n) is 2.86. The second-order valence-electron chi connectivity index (χ2n) is 5.55. The average Bonchev–Trinajstić information content (AvgIpc) is 2.55. The summed E-state index contributed by atoms with van der Waals surface area (Å²) in [7, 11) is 2.11. The van der Waals surface area contributed by atoms with Crippen molar-refractivity contribution in [3.63, 3.8) is 0 Å². The van der Waals surface area contributed by atoms with E-state index >= 15 is 0 Å². The number of piperidine rings is 1. The topological polar surface area (TPSA) is 45.2 Å². The quantitative estimate of drug-likeness (QED) is 0.865. The van der Waals surface area contributed by atoms with Crippen molar-refractivity contribution in [2.75, 3.05) is 29.9 Å². The van der Waals surface area contributed by atoms with Crippen LogP contribution in [0.25, 0.3) is 0 Å². The molecule has 1 aliphatic heterocycles. The Kier molecular flexibility index (Phi) is 3.99. The Labute approximate surface area is 125 Å². The zero-order valence-electron chi connectivity index (χ0n) is 12.6. The summed E-state index contributed by atoms with van der Waals surface area (Å²) in [6, 6.07) is 10.7. The normalized spacial score (nSPS) is 16.0. The number of pyridine rings is 1. The van der Waals surface area contributed by atoms with Crippen LogP contribution >= 0.6 is 0 Å². The third-order valence-electron chi connectivity index (χ3n) is 4.13. The lowest BCUT2D eigenvalue weighted by Gasteiger charge is -2.37. The zero-order valence-corrected chi connectivity index (χ0v) is 12.6. The van der Waals surface area contributed by atoms with Crippen molar-refractivity contribution in [3.05, 3.63) is 42.2 Å². The van der Waals surface area contributed by atoms with Crippen LogP contribution in [0.4, 0.5) is 11.6 Å². The Morgan fingerprint density at radius 3 is 2.62 bits per heavy atom. The highest BCUT2D eigenvalue weighted by atomic mass is 15.3. The lowest BCUT2D eigenvalue weighted by atomic mass is 10.0. The van der Waals surface area contributed by atoms with E-state index in [1.165, 1.54) is 0 Å². The molecule has 21 heavy (non-hydrogen) atoms. The first-order chi connectivity index (χ1) is 10.2. The number of hydrogen-bond acceptors (Lipinski definition) is 5. The van der Waals surface area contributed by atoms with Gasteiger partial charge in [0.1, 0.15) is 5.82 Å². The summed E-state index contributed by atoms with van der Waals surface area (Å²) in [5, 5.41) is 8.15. The summed E-state index contributed by atoms with van der Waals surface area (Å²) in [5.41, 5.74) is 1.08. The molecular formula is C16H21N5. The highest BCUT2D eigenvalue weighted by Crippen LogP contribution is 2.23. The minimum Gasteiger partial charge on any atom is -0.356 e. The molecule has 0 bridgehead atoms. The Balaban J connectivity index is 1.63. The number of aromatic nitrogens is 3. The first-order valence-electron chi connectivity index (χ1n) is 7.43. The maximum atomic E-state index is 4.61. The van der Waals surface area contributed by atoms with Crippen molar-refractivity contribution >= 4 is 11.6 Å². The predicted molar refractivity (Wildman–Crippen MR) is 84.6 cm³/mol. The molecule has 0 amide bonds. The molecule has 2 aromatic heterocycles. The van der Waals surface area contributed by atoms with E-state index in [1.807, 2.05) is 25.1 Å². The average molecular weight is 283 g/mol. The molecule has 1 saturated heterocycles. The van der Waals surface area contributed by atoms with Crippen LogP contribution in [0.5, 0.6) is 0 Å². The van der Waals surface area contributed by atoms with Crippen LogP contribution in [0.2, 0.25) is 0 Å². The third-order valence-corrected chi connectivity index (χ3v) is 4.13. The maximum absolute atomic E-state index is 4.61. The standard InChI is InChI=1S/C16H21N5/c1-13-5-3-6-15(18-13)21-11-8-14(9-12-21)20(2)16-7-4-10-17-19-16/h3-7,10,14H,8-9,11-12H2,1-2H3. The lowest BCUT2D eigenvalue weighted by Crippen LogP contribution is -2.44. The van der Waals surface area contributed by atoms with Crippen molar-refractivity contribution in [1.82, 2.24) is 15.2 Å². The summed E-state index contributed by atoms with van der Waals surface area (Å²) in [6.45, 7) is 4.11. The van der Waals surface area contributed by atoms with Crippen LogP contribution in [-0.4, -0.2) is 41.4 Å². The molecule has 1 fully saturated rings. The predicted octanol–water partition coefficient (Wildman–Crippen LogP) is 2.29. The highest BCUT2D eigenvalue weighted by Gasteiger charge is 2.24. The van der Waals surface area contributed by atoms with Crippen molar-refractivity contribution in [3.8, 4) is 0 Å². The number of aryl methyl sites for hydroxylation is 1. The Bertz CT molecular complexity index is 578. The summed E-state index contributed by atoms with van der Waals surface area (Å²) in [4.78, 5) is 9.23. The molecule has 1 aliphatic rings. The molecule has 2 aromatic rings. The molecule has 3 rings (SSSR count). The van der Waals surface area contributed by atoms with Gasteiger partial charge >= 0.3 is 0 Å². The third kappa shape index (κ3) is 3.12. The Morgan fingerprint density at radius 1 is 1.14 bits per heavy atom. The van der Waals surface area contributed by atoms with E-state index in [9.17, 15) is 0 Å². The molecule has 0 atom stereocenters. The summed E-state index contributed by atoms with van der Waals surface area (Å²) in [6.07, 6.45) is 3.94. The number of nitrogens with zero attached hydrogens (tertiary/aromatic N) is 5. The molecule has 0 aliphatic carbocycles. The number of hydrogen-bond donors (Lipinski definition) is 0. The highest BCUT2D eigenvalue weighted by molar-refractivity contribution is 5.41. The van der Waals surface area contributed by atoms with Crippen LogP contribution in [0.15, 0.2) is 36.5 Å². The largest absolute Gasteiger partial charge is 0.356 e. The minimum atomic E-state index is 0.516. The number of rotatable bonds is 3. The Morgan fingerprint density at radius 2 is 1.95 bits per heavy atom. The van der Waals surface area contributed by atoms with Crippen LogP contribution in [0.3, 0.4) is 0 Å². The molecule has 110 valence electrons. The summed E-state index contributed by atoms with van der Waals surface area (Å²) >= 11 is 0. The van der Waals surface area contributed by atoms with Crippen LogP contribution in [0.1, 0.15) is 18.5 Å². The van der Waals surface area contributed by atoms with Gasteiger partial charge in [0.2, 0.25) is 0 Å². The van der Waals surface area contributed by atoms with Crippen molar-refractivity contribution in [2.24, 2.45) is 0 Å². The number of anilines is 2. The van der Waals surface area contributed by atoms with E-state index in [0.29, 0.717) is 6.04 Å². The van der Waals surface area contributed by atoms with Gasteiger partial charge in [-0.1, -0.05) is 6.07 Å². The Hall–Kier alpha value is -2.17. The van der Waals surface area contributed by atoms with Gasteiger partial charge in [-0.25, -0.2) is 4.98 Å². The molecule has 0 saturated carbocycles. The van der Waals surface area contributed by atoms with Crippen molar-refractivity contribution in [1.29, 1.82) is 0 Å². The molecule has 3 heterocycles. The van der Waals surface area contributed by atoms with Crippen LogP contribution in [0, 0.1) is 6.92 Å². The first kappa shape index (κ1) is 13.8. The molecule has 5 nitrogen and oxygen atoms in total. The fourth-order valence-corrected chi connectivity index (χ4v) is 2.86. The summed E-state index contributed by atoms with van der Waals surface area (Å²) < 4.78 is 0. The SMILES string of the molecule is Cc1cccc(N2CCC(N(C)c3cccnn3)CC2)n1. The van der Waals surface area contributed by atoms with E-state index < -0.39 is 0 Å². The first-order valence-corrected chi connectivity index (χ1v) is 7.43. The molecule has 0 N–H and O–H groups in total. The second-order valence-corrected chi connectivity index (χ2v) is 5.55. The van der Waals surface area contributed by atoms with Gasteiger partial charge < -0.3 is 9.80 Å². The lowest BCUT2D eigenvalue weighted by molar-refractivity contribution is 0.477. The molecular weight excluding hydrogens is 262 g/mol. The van der Waals surface area contributed by atoms with Gasteiger partial charge in [-0.15, -0.1) is 5.10 Å². The van der Waals surface area contributed by atoms with Gasteiger partial charge in [0.15, 0.2) is 5.82 Å². The van der Waals surface area contributed by atoms with Gasteiger partial charge in [-0.2, -0.15) is 5.10 Å². The zero-order chi connectivity index (χ0) is 14.7. The van der Waals surface area contributed by atoms with Gasteiger partial charge in [-0.05, 0) is 44.0 Å².